The van der Waals surface area contributed by atoms with Crippen LogP contribution in [0.3, 0.4) is 0 Å². The molecule has 0 saturated heterocycles. The van der Waals surface area contributed by atoms with E-state index < -0.39 is 11.9 Å². The van der Waals surface area contributed by atoms with Gasteiger partial charge < -0.3 is 20.3 Å². The van der Waals surface area contributed by atoms with Gasteiger partial charge in [-0.15, -0.1) is 0 Å². The SMILES string of the molecule is CCCCNCCOc1ccc(Cl)cc1.O=C(O)C(=O)O. The molecule has 0 atom stereocenters. The smallest absolute Gasteiger partial charge is 0.414 e. The lowest BCUT2D eigenvalue weighted by atomic mass is 10.3. The zero-order valence-electron chi connectivity index (χ0n) is 11.8. The summed E-state index contributed by atoms with van der Waals surface area (Å²) in [4.78, 5) is 18.2. The third-order valence-electron chi connectivity index (χ3n) is 2.25. The number of nitrogens with one attached hydrogen (secondary N) is 1. The van der Waals surface area contributed by atoms with E-state index in [-0.39, 0.29) is 0 Å². The molecule has 0 amide bonds. The highest BCUT2D eigenvalue weighted by atomic mass is 35.5. The minimum absolute atomic E-state index is 0.700. The van der Waals surface area contributed by atoms with Crippen LogP contribution in [0.2, 0.25) is 5.02 Å². The van der Waals surface area contributed by atoms with Gasteiger partial charge in [-0.25, -0.2) is 9.59 Å². The number of hydrogen-bond acceptors (Lipinski definition) is 4. The summed E-state index contributed by atoms with van der Waals surface area (Å²) in [5, 5.41) is 18.8. The number of carbonyl (C=O) groups is 2. The van der Waals surface area contributed by atoms with E-state index in [0.29, 0.717) is 6.61 Å². The number of aliphatic carboxylic acids is 2. The Labute approximate surface area is 128 Å². The van der Waals surface area contributed by atoms with Crippen molar-refractivity contribution in [1.29, 1.82) is 0 Å². The van der Waals surface area contributed by atoms with Crippen LogP contribution in [0.4, 0.5) is 0 Å². The molecule has 0 aliphatic rings. The second-order valence-corrected chi connectivity index (χ2v) is 4.45. The molecule has 7 heteroatoms. The number of halogens is 1. The molecule has 0 aromatic heterocycles. The first-order valence-corrected chi connectivity index (χ1v) is 6.90. The van der Waals surface area contributed by atoms with Gasteiger partial charge in [0.15, 0.2) is 0 Å². The monoisotopic (exact) mass is 317 g/mol. The lowest BCUT2D eigenvalue weighted by molar-refractivity contribution is -0.159. The fourth-order valence-electron chi connectivity index (χ4n) is 1.20. The van der Waals surface area contributed by atoms with Gasteiger partial charge in [-0.1, -0.05) is 24.9 Å². The maximum absolute atomic E-state index is 9.10. The molecule has 0 bridgehead atoms. The summed E-state index contributed by atoms with van der Waals surface area (Å²) >= 11 is 5.76. The summed E-state index contributed by atoms with van der Waals surface area (Å²) in [6.07, 6.45) is 2.45. The van der Waals surface area contributed by atoms with Crippen molar-refractivity contribution in [3.05, 3.63) is 29.3 Å². The Bertz CT molecular complexity index is 410. The van der Waals surface area contributed by atoms with E-state index >= 15 is 0 Å². The van der Waals surface area contributed by atoms with E-state index in [4.69, 9.17) is 36.1 Å². The van der Waals surface area contributed by atoms with Crippen LogP contribution in [0.1, 0.15) is 19.8 Å². The molecule has 3 N–H and O–H groups in total. The fourth-order valence-corrected chi connectivity index (χ4v) is 1.32. The lowest BCUT2D eigenvalue weighted by Gasteiger charge is -2.06. The summed E-state index contributed by atoms with van der Waals surface area (Å²) in [6, 6.07) is 7.44. The number of carboxylic acids is 2. The molecule has 1 aromatic carbocycles. The van der Waals surface area contributed by atoms with Gasteiger partial charge in [0.1, 0.15) is 12.4 Å². The molecule has 0 fully saturated rings. The first kappa shape index (κ1) is 19.2. The Morgan fingerprint density at radius 1 is 1.14 bits per heavy atom. The normalized spacial score (nSPS) is 9.43. The molecule has 21 heavy (non-hydrogen) atoms. The van der Waals surface area contributed by atoms with E-state index in [1.165, 1.54) is 12.8 Å². The number of benzene rings is 1. The number of carboxylic acid groups (broad SMARTS) is 2. The van der Waals surface area contributed by atoms with Gasteiger partial charge in [-0.3, -0.25) is 0 Å². The zero-order chi connectivity index (χ0) is 16.1. The van der Waals surface area contributed by atoms with Crippen LogP contribution in [0.25, 0.3) is 0 Å². The zero-order valence-corrected chi connectivity index (χ0v) is 12.6. The van der Waals surface area contributed by atoms with Gasteiger partial charge in [0.2, 0.25) is 0 Å². The average molecular weight is 318 g/mol. The van der Waals surface area contributed by atoms with Crippen LogP contribution in [-0.2, 0) is 9.59 Å². The van der Waals surface area contributed by atoms with E-state index in [0.717, 1.165) is 23.9 Å². The van der Waals surface area contributed by atoms with Gasteiger partial charge in [-0.2, -0.15) is 0 Å². The van der Waals surface area contributed by atoms with Crippen molar-refractivity contribution < 1.29 is 24.5 Å². The number of ether oxygens (including phenoxy) is 1. The maximum Gasteiger partial charge on any atom is 0.414 e. The average Bonchev–Trinajstić information content (AvgIpc) is 2.45. The summed E-state index contributed by atoms with van der Waals surface area (Å²) in [7, 11) is 0. The Kier molecular flexibility index (Phi) is 11.0. The standard InChI is InChI=1S/C12H18ClNO.C2H2O4/c1-2-3-8-14-9-10-15-12-6-4-11(13)5-7-12;3-1(4)2(5)6/h4-7,14H,2-3,8-10H2,1H3;(H,3,4)(H,5,6). The number of rotatable bonds is 7. The summed E-state index contributed by atoms with van der Waals surface area (Å²) in [6.45, 7) is 4.85. The predicted octanol–water partition coefficient (Wildman–Crippen LogP) is 2.26. The fraction of sp³-hybridized carbons (Fsp3) is 0.429. The van der Waals surface area contributed by atoms with Crippen molar-refractivity contribution in [3.8, 4) is 5.75 Å². The first-order valence-electron chi connectivity index (χ1n) is 6.52. The minimum Gasteiger partial charge on any atom is -0.492 e. The second-order valence-electron chi connectivity index (χ2n) is 4.02. The molecule has 0 radical (unpaired) electrons. The molecule has 118 valence electrons. The van der Waals surface area contributed by atoms with Crippen molar-refractivity contribution in [2.24, 2.45) is 0 Å². The van der Waals surface area contributed by atoms with Crippen LogP contribution in [0.15, 0.2) is 24.3 Å². The highest BCUT2D eigenvalue weighted by Crippen LogP contribution is 2.14. The molecule has 0 spiro atoms. The Morgan fingerprint density at radius 3 is 2.19 bits per heavy atom. The highest BCUT2D eigenvalue weighted by molar-refractivity contribution is 6.30. The van der Waals surface area contributed by atoms with Gasteiger partial charge >= 0.3 is 11.9 Å². The van der Waals surface area contributed by atoms with Crippen molar-refractivity contribution in [3.63, 3.8) is 0 Å². The summed E-state index contributed by atoms with van der Waals surface area (Å²) < 4.78 is 5.52. The van der Waals surface area contributed by atoms with Crippen LogP contribution in [0.5, 0.6) is 5.75 Å². The number of unbranched alkanes of at least 4 members (excludes halogenated alkanes) is 1. The molecule has 1 rings (SSSR count). The predicted molar refractivity (Wildman–Crippen MR) is 80.0 cm³/mol. The number of hydrogen-bond donors (Lipinski definition) is 3. The summed E-state index contributed by atoms with van der Waals surface area (Å²) in [5.41, 5.74) is 0. The van der Waals surface area contributed by atoms with E-state index in [1.807, 2.05) is 24.3 Å². The molecular weight excluding hydrogens is 298 g/mol. The minimum atomic E-state index is -1.82. The first-order chi connectivity index (χ1) is 9.97. The molecule has 6 nitrogen and oxygen atoms in total. The van der Waals surface area contributed by atoms with E-state index in [2.05, 4.69) is 12.2 Å². The summed E-state index contributed by atoms with van der Waals surface area (Å²) in [5.74, 6) is -2.78. The quantitative estimate of drug-likeness (QED) is 0.527. The Morgan fingerprint density at radius 2 is 1.71 bits per heavy atom. The van der Waals surface area contributed by atoms with Crippen LogP contribution in [-0.4, -0.2) is 41.8 Å². The third kappa shape index (κ3) is 11.7. The topological polar surface area (TPSA) is 95.9 Å². The van der Waals surface area contributed by atoms with Gasteiger partial charge in [-0.05, 0) is 37.2 Å². The van der Waals surface area contributed by atoms with Crippen molar-refractivity contribution in [1.82, 2.24) is 5.32 Å². The van der Waals surface area contributed by atoms with Gasteiger partial charge in [0.25, 0.3) is 0 Å². The van der Waals surface area contributed by atoms with E-state index in [9.17, 15) is 0 Å². The third-order valence-corrected chi connectivity index (χ3v) is 2.50. The second kappa shape index (κ2) is 12.0. The molecule has 0 saturated carbocycles. The maximum atomic E-state index is 9.10. The molecule has 0 unspecified atom stereocenters. The van der Waals surface area contributed by atoms with Crippen molar-refractivity contribution >= 4 is 23.5 Å². The van der Waals surface area contributed by atoms with Crippen molar-refractivity contribution in [2.75, 3.05) is 19.7 Å². The van der Waals surface area contributed by atoms with E-state index in [1.54, 1.807) is 0 Å². The van der Waals surface area contributed by atoms with Crippen LogP contribution < -0.4 is 10.1 Å². The lowest BCUT2D eigenvalue weighted by Crippen LogP contribution is -2.21. The Hall–Kier alpha value is -1.79. The highest BCUT2D eigenvalue weighted by Gasteiger charge is 2.04. The molecule has 0 aliphatic carbocycles. The molecule has 1 aromatic rings. The van der Waals surface area contributed by atoms with Crippen LogP contribution in [0, 0.1) is 0 Å². The van der Waals surface area contributed by atoms with Crippen molar-refractivity contribution in [2.45, 2.75) is 19.8 Å². The van der Waals surface area contributed by atoms with Crippen LogP contribution >= 0.6 is 11.6 Å². The molecule has 0 aliphatic heterocycles. The van der Waals surface area contributed by atoms with Gasteiger partial charge in [0.05, 0.1) is 0 Å². The largest absolute Gasteiger partial charge is 0.492 e. The van der Waals surface area contributed by atoms with Gasteiger partial charge in [0, 0.05) is 11.6 Å². The molecule has 0 heterocycles. The molecular formula is C14H20ClNO5. The Balaban J connectivity index is 0.000000567.